The zero-order valence-electron chi connectivity index (χ0n) is 24.8. The van der Waals surface area contributed by atoms with Gasteiger partial charge in [-0.1, -0.05) is 109 Å². The Kier molecular flexibility index (Phi) is 6.96. The Morgan fingerprint density at radius 1 is 0.447 bits per heavy atom. The summed E-state index contributed by atoms with van der Waals surface area (Å²) < 4.78 is 17.7. The number of hydrogen-bond acceptors (Lipinski definition) is 7. The van der Waals surface area contributed by atoms with Gasteiger partial charge < -0.3 is 13.6 Å². The molecule has 2 aromatic heterocycles. The van der Waals surface area contributed by atoms with Crippen molar-refractivity contribution in [1.82, 2.24) is 9.97 Å². The minimum absolute atomic E-state index is 0.252. The molecule has 0 N–H and O–H groups in total. The van der Waals surface area contributed by atoms with Gasteiger partial charge in [-0.15, -0.1) is 0 Å². The molecule has 7 heteroatoms. The van der Waals surface area contributed by atoms with E-state index in [1.165, 1.54) is 0 Å². The summed E-state index contributed by atoms with van der Waals surface area (Å²) in [4.78, 5) is 36.1. The van der Waals surface area contributed by atoms with E-state index in [4.69, 9.17) is 13.6 Å². The molecule has 2 heterocycles. The fourth-order valence-corrected chi connectivity index (χ4v) is 5.79. The lowest BCUT2D eigenvalue weighted by molar-refractivity contribution is 0.0400. The Balaban J connectivity index is 1.10. The van der Waals surface area contributed by atoms with Crippen LogP contribution in [0.2, 0.25) is 0 Å². The summed E-state index contributed by atoms with van der Waals surface area (Å²) in [7, 11) is 0. The smallest absolute Gasteiger partial charge is 0.346 e. The van der Waals surface area contributed by atoms with E-state index in [1.807, 2.05) is 109 Å². The Hall–Kier alpha value is -6.60. The quantitative estimate of drug-likeness (QED) is 0.136. The maximum Gasteiger partial charge on any atom is 0.346 e. The van der Waals surface area contributed by atoms with Crippen LogP contribution in [-0.4, -0.2) is 21.9 Å². The van der Waals surface area contributed by atoms with E-state index < -0.39 is 11.9 Å². The third-order valence-electron chi connectivity index (χ3n) is 8.06. The van der Waals surface area contributed by atoms with Gasteiger partial charge in [0.2, 0.25) is 11.8 Å². The number of nitrogens with zero attached hydrogens (tertiary/aromatic N) is 2. The highest BCUT2D eigenvalue weighted by Gasteiger charge is 2.23. The van der Waals surface area contributed by atoms with Crippen molar-refractivity contribution in [2.75, 3.05) is 0 Å². The van der Waals surface area contributed by atoms with Gasteiger partial charge in [-0.3, -0.25) is 0 Å². The van der Waals surface area contributed by atoms with Gasteiger partial charge in [0.25, 0.3) is 0 Å². The standard InChI is InChI=1S/C40H24N2O5/c43-39(33-21-19-31(27-15-7-9-17-29(27)33)37-41-23-35(45-37)25-11-3-1-4-12-25)47-40(44)34-22-20-32(28-16-8-10-18-30(28)34)38-42-24-36(46-38)26-13-5-2-6-14-26/h1-24H. The number of hydrogen-bond donors (Lipinski definition) is 0. The molecule has 7 nitrogen and oxygen atoms in total. The van der Waals surface area contributed by atoms with Crippen LogP contribution in [0.25, 0.3) is 67.1 Å². The largest absolute Gasteiger partial charge is 0.436 e. The summed E-state index contributed by atoms with van der Waals surface area (Å²) in [5.74, 6) is 0.592. The molecule has 0 amide bonds. The molecule has 0 atom stereocenters. The molecular formula is C40H24N2O5. The fraction of sp³-hybridized carbons (Fsp3) is 0. The molecule has 0 saturated carbocycles. The highest BCUT2D eigenvalue weighted by atomic mass is 16.6. The van der Waals surface area contributed by atoms with Gasteiger partial charge >= 0.3 is 11.9 Å². The van der Waals surface area contributed by atoms with Crippen LogP contribution in [-0.2, 0) is 4.74 Å². The number of carbonyl (C=O) groups is 2. The molecular weight excluding hydrogens is 588 g/mol. The number of carbonyl (C=O) groups excluding carboxylic acids is 2. The molecule has 0 aliphatic rings. The van der Waals surface area contributed by atoms with Crippen molar-refractivity contribution in [3.05, 3.63) is 157 Å². The van der Waals surface area contributed by atoms with Crippen LogP contribution in [0, 0.1) is 0 Å². The molecule has 0 bridgehead atoms. The van der Waals surface area contributed by atoms with Crippen LogP contribution >= 0.6 is 0 Å². The Morgan fingerprint density at radius 2 is 0.830 bits per heavy atom. The van der Waals surface area contributed by atoms with Crippen molar-refractivity contribution in [3.8, 4) is 45.6 Å². The fourth-order valence-electron chi connectivity index (χ4n) is 5.79. The first kappa shape index (κ1) is 27.9. The zero-order valence-corrected chi connectivity index (χ0v) is 24.8. The minimum atomic E-state index is -0.761. The maximum absolute atomic E-state index is 13.5. The van der Waals surface area contributed by atoms with E-state index in [0.717, 1.165) is 21.9 Å². The molecule has 0 aliphatic heterocycles. The van der Waals surface area contributed by atoms with Crippen molar-refractivity contribution in [2.45, 2.75) is 0 Å². The summed E-state index contributed by atoms with van der Waals surface area (Å²) in [5, 5.41) is 2.71. The molecule has 6 aromatic carbocycles. The molecule has 0 fully saturated rings. The van der Waals surface area contributed by atoms with Crippen LogP contribution in [0.15, 0.2) is 155 Å². The third kappa shape index (κ3) is 5.15. The van der Waals surface area contributed by atoms with Crippen LogP contribution in [0.3, 0.4) is 0 Å². The van der Waals surface area contributed by atoms with Crippen molar-refractivity contribution in [1.29, 1.82) is 0 Å². The topological polar surface area (TPSA) is 95.4 Å². The number of fused-ring (bicyclic) bond motifs is 2. The van der Waals surface area contributed by atoms with Crippen LogP contribution in [0.1, 0.15) is 20.7 Å². The highest BCUT2D eigenvalue weighted by molar-refractivity contribution is 6.15. The molecule has 8 rings (SSSR count). The lowest BCUT2D eigenvalue weighted by Crippen LogP contribution is -2.14. The molecule has 0 aliphatic carbocycles. The number of aromatic nitrogens is 2. The number of esters is 2. The summed E-state index contributed by atoms with van der Waals surface area (Å²) in [5.41, 5.74) is 3.76. The lowest BCUT2D eigenvalue weighted by atomic mass is 9.99. The van der Waals surface area contributed by atoms with Crippen molar-refractivity contribution >= 4 is 33.5 Å². The van der Waals surface area contributed by atoms with E-state index in [-0.39, 0.29) is 11.1 Å². The zero-order chi connectivity index (χ0) is 31.7. The molecule has 8 aromatic rings. The van der Waals surface area contributed by atoms with Gasteiger partial charge in [0, 0.05) is 22.3 Å². The monoisotopic (exact) mass is 612 g/mol. The van der Waals surface area contributed by atoms with Crippen LogP contribution in [0.4, 0.5) is 0 Å². The van der Waals surface area contributed by atoms with E-state index in [9.17, 15) is 9.59 Å². The average molecular weight is 613 g/mol. The summed E-state index contributed by atoms with van der Waals surface area (Å²) >= 11 is 0. The van der Waals surface area contributed by atoms with Crippen LogP contribution in [0.5, 0.6) is 0 Å². The van der Waals surface area contributed by atoms with Gasteiger partial charge in [0.05, 0.1) is 23.5 Å². The normalized spacial score (nSPS) is 11.1. The molecule has 47 heavy (non-hydrogen) atoms. The van der Waals surface area contributed by atoms with Gasteiger partial charge in [0.1, 0.15) is 0 Å². The Labute approximate surface area is 268 Å². The Morgan fingerprint density at radius 3 is 1.26 bits per heavy atom. The van der Waals surface area contributed by atoms with Crippen LogP contribution < -0.4 is 0 Å². The summed E-state index contributed by atoms with van der Waals surface area (Å²) in [6.07, 6.45) is 3.36. The van der Waals surface area contributed by atoms with Gasteiger partial charge in [-0.25, -0.2) is 19.6 Å². The number of rotatable bonds is 6. The first-order valence-corrected chi connectivity index (χ1v) is 15.0. The molecule has 224 valence electrons. The number of oxazole rings is 2. The average Bonchev–Trinajstić information content (AvgIpc) is 3.83. The number of benzene rings is 6. The predicted octanol–water partition coefficient (Wildman–Crippen LogP) is 9.63. The summed E-state index contributed by atoms with van der Waals surface area (Å²) in [6, 6.07) is 41.0. The second-order valence-electron chi connectivity index (χ2n) is 10.9. The number of ether oxygens (including phenoxy) is 1. The molecule has 0 spiro atoms. The Bertz CT molecular complexity index is 2260. The van der Waals surface area contributed by atoms with Gasteiger partial charge in [-0.05, 0) is 45.8 Å². The predicted molar refractivity (Wildman–Crippen MR) is 180 cm³/mol. The van der Waals surface area contributed by atoms with Gasteiger partial charge in [0.15, 0.2) is 11.5 Å². The van der Waals surface area contributed by atoms with Crippen molar-refractivity contribution in [2.24, 2.45) is 0 Å². The van der Waals surface area contributed by atoms with E-state index >= 15 is 0 Å². The van der Waals surface area contributed by atoms with Crippen molar-refractivity contribution in [3.63, 3.8) is 0 Å². The second kappa shape index (κ2) is 11.7. The highest BCUT2D eigenvalue weighted by Crippen LogP contribution is 2.35. The first-order chi connectivity index (χ1) is 23.1. The minimum Gasteiger partial charge on any atom is -0.436 e. The first-order valence-electron chi connectivity index (χ1n) is 15.0. The van der Waals surface area contributed by atoms with Crippen molar-refractivity contribution < 1.29 is 23.2 Å². The molecule has 0 radical (unpaired) electrons. The van der Waals surface area contributed by atoms with E-state index in [1.54, 1.807) is 36.7 Å². The maximum atomic E-state index is 13.5. The third-order valence-corrected chi connectivity index (χ3v) is 8.06. The molecule has 0 unspecified atom stereocenters. The second-order valence-corrected chi connectivity index (χ2v) is 10.9. The lowest BCUT2D eigenvalue weighted by Gasteiger charge is -2.11. The SMILES string of the molecule is O=C(OC(=O)c1ccc(-c2ncc(-c3ccccc3)o2)c2ccccc12)c1ccc(-c2ncc(-c3ccccc3)o2)c2ccccc12. The summed E-state index contributed by atoms with van der Waals surface area (Å²) in [6.45, 7) is 0. The van der Waals surface area contributed by atoms with Gasteiger partial charge in [-0.2, -0.15) is 0 Å². The molecule has 0 saturated heterocycles. The van der Waals surface area contributed by atoms with E-state index in [0.29, 0.717) is 45.2 Å². The van der Waals surface area contributed by atoms with E-state index in [2.05, 4.69) is 9.97 Å².